The summed E-state index contributed by atoms with van der Waals surface area (Å²) in [6.45, 7) is 2.43. The summed E-state index contributed by atoms with van der Waals surface area (Å²) in [7, 11) is 1.64. The molecule has 1 aliphatic heterocycles. The van der Waals surface area contributed by atoms with Crippen LogP contribution in [0.4, 0.5) is 4.79 Å². The maximum Gasteiger partial charge on any atom is 0.407 e. The molecule has 0 saturated carbocycles. The summed E-state index contributed by atoms with van der Waals surface area (Å²) in [6, 6.07) is 0.0255. The van der Waals surface area contributed by atoms with E-state index in [0.29, 0.717) is 6.61 Å². The molecule has 1 saturated heterocycles. The van der Waals surface area contributed by atoms with Crippen LogP contribution in [-0.2, 0) is 9.47 Å². The van der Waals surface area contributed by atoms with Crippen molar-refractivity contribution < 1.29 is 14.3 Å². The fourth-order valence-corrected chi connectivity index (χ4v) is 1.22. The van der Waals surface area contributed by atoms with Crippen LogP contribution in [0.2, 0.25) is 0 Å². The summed E-state index contributed by atoms with van der Waals surface area (Å²) < 4.78 is 9.86. The summed E-state index contributed by atoms with van der Waals surface area (Å²) in [5, 5.41) is 2.67. The molecule has 1 rings (SSSR count). The van der Waals surface area contributed by atoms with E-state index in [0.717, 1.165) is 6.42 Å². The highest BCUT2D eigenvalue weighted by molar-refractivity contribution is 5.69. The second-order valence-electron chi connectivity index (χ2n) is 2.53. The van der Waals surface area contributed by atoms with E-state index in [4.69, 9.17) is 9.47 Å². The summed E-state index contributed by atoms with van der Waals surface area (Å²) in [4.78, 5) is 10.6. The van der Waals surface area contributed by atoms with Gasteiger partial charge in [0.2, 0.25) is 0 Å². The molecule has 1 fully saturated rings. The fourth-order valence-electron chi connectivity index (χ4n) is 1.22. The van der Waals surface area contributed by atoms with Gasteiger partial charge < -0.3 is 14.8 Å². The molecule has 0 aromatic heterocycles. The van der Waals surface area contributed by atoms with Gasteiger partial charge in [0.25, 0.3) is 0 Å². The first-order valence-corrected chi connectivity index (χ1v) is 3.74. The average molecular weight is 159 g/mol. The first-order valence-electron chi connectivity index (χ1n) is 3.74. The molecule has 0 spiro atoms. The Morgan fingerprint density at radius 3 is 3.00 bits per heavy atom. The highest BCUT2D eigenvalue weighted by atomic mass is 16.6. The van der Waals surface area contributed by atoms with Gasteiger partial charge >= 0.3 is 6.09 Å². The summed E-state index contributed by atoms with van der Waals surface area (Å²) in [6.07, 6.45) is 0.608. The zero-order valence-corrected chi connectivity index (χ0v) is 6.79. The average Bonchev–Trinajstić information content (AvgIpc) is 2.39. The number of nitrogens with one attached hydrogen (secondary N) is 1. The first kappa shape index (κ1) is 8.33. The third-order valence-electron chi connectivity index (χ3n) is 1.85. The molecule has 64 valence electrons. The molecular weight excluding hydrogens is 146 g/mol. The quantitative estimate of drug-likeness (QED) is 0.653. The summed E-state index contributed by atoms with van der Waals surface area (Å²) in [5.41, 5.74) is 0. The molecule has 0 aromatic rings. The van der Waals surface area contributed by atoms with E-state index in [1.165, 1.54) is 0 Å². The minimum Gasteiger partial charge on any atom is -0.447 e. The Kier molecular flexibility index (Phi) is 2.70. The van der Waals surface area contributed by atoms with Crippen LogP contribution in [0.3, 0.4) is 0 Å². The molecular formula is C7H13NO3. The van der Waals surface area contributed by atoms with Gasteiger partial charge in [0.05, 0.1) is 12.1 Å². The largest absolute Gasteiger partial charge is 0.447 e. The molecule has 2 atom stereocenters. The number of carbonyl (C=O) groups excluding carboxylic acids is 1. The number of rotatable bonds is 3. The zero-order valence-electron chi connectivity index (χ0n) is 6.79. The third kappa shape index (κ3) is 1.83. The van der Waals surface area contributed by atoms with Crippen LogP contribution >= 0.6 is 0 Å². The van der Waals surface area contributed by atoms with Crippen molar-refractivity contribution >= 4 is 6.09 Å². The Bertz CT molecular complexity index is 145. The normalized spacial score (nSPS) is 26.0. The number of amides is 1. The molecule has 1 heterocycles. The SMILES string of the molecule is CCC(OC)C1COC(=O)N1. The Balaban J connectivity index is 2.40. The molecule has 2 unspecified atom stereocenters. The van der Waals surface area contributed by atoms with Crippen molar-refractivity contribution in [2.45, 2.75) is 25.5 Å². The van der Waals surface area contributed by atoms with Gasteiger partial charge in [-0.05, 0) is 6.42 Å². The van der Waals surface area contributed by atoms with Gasteiger partial charge in [-0.15, -0.1) is 0 Å². The molecule has 11 heavy (non-hydrogen) atoms. The maximum absolute atomic E-state index is 10.6. The van der Waals surface area contributed by atoms with Crippen LogP contribution in [0, 0.1) is 0 Å². The fraction of sp³-hybridized carbons (Fsp3) is 0.857. The van der Waals surface area contributed by atoms with E-state index in [9.17, 15) is 4.79 Å². The van der Waals surface area contributed by atoms with E-state index >= 15 is 0 Å². The van der Waals surface area contributed by atoms with Crippen LogP contribution in [0.15, 0.2) is 0 Å². The number of ether oxygens (including phenoxy) is 2. The second-order valence-corrected chi connectivity index (χ2v) is 2.53. The topological polar surface area (TPSA) is 47.6 Å². The van der Waals surface area contributed by atoms with Crippen molar-refractivity contribution in [3.05, 3.63) is 0 Å². The van der Waals surface area contributed by atoms with E-state index in [1.807, 2.05) is 6.92 Å². The number of alkyl carbamates (subject to hydrolysis) is 1. The maximum atomic E-state index is 10.6. The Labute approximate surface area is 65.9 Å². The van der Waals surface area contributed by atoms with Crippen molar-refractivity contribution in [2.75, 3.05) is 13.7 Å². The Morgan fingerprint density at radius 2 is 2.64 bits per heavy atom. The smallest absolute Gasteiger partial charge is 0.407 e. The van der Waals surface area contributed by atoms with E-state index in [1.54, 1.807) is 7.11 Å². The summed E-state index contributed by atoms with van der Waals surface area (Å²) >= 11 is 0. The predicted molar refractivity (Wildman–Crippen MR) is 39.4 cm³/mol. The Morgan fingerprint density at radius 1 is 1.91 bits per heavy atom. The first-order chi connectivity index (χ1) is 5.27. The Hall–Kier alpha value is -0.770. The molecule has 1 aliphatic rings. The van der Waals surface area contributed by atoms with E-state index in [-0.39, 0.29) is 18.2 Å². The lowest BCUT2D eigenvalue weighted by Gasteiger charge is -2.17. The number of hydrogen-bond donors (Lipinski definition) is 1. The van der Waals surface area contributed by atoms with Crippen molar-refractivity contribution in [3.63, 3.8) is 0 Å². The van der Waals surface area contributed by atoms with Crippen LogP contribution in [0.25, 0.3) is 0 Å². The van der Waals surface area contributed by atoms with Crippen molar-refractivity contribution in [2.24, 2.45) is 0 Å². The molecule has 0 aromatic carbocycles. The highest BCUT2D eigenvalue weighted by Crippen LogP contribution is 2.08. The van der Waals surface area contributed by atoms with Crippen molar-refractivity contribution in [1.29, 1.82) is 0 Å². The second kappa shape index (κ2) is 3.57. The molecule has 1 amide bonds. The standard InChI is InChI=1S/C7H13NO3/c1-3-6(10-2)5-4-11-7(9)8-5/h5-6H,3-4H2,1-2H3,(H,8,9). The zero-order chi connectivity index (χ0) is 8.27. The van der Waals surface area contributed by atoms with Crippen LogP contribution < -0.4 is 5.32 Å². The van der Waals surface area contributed by atoms with Gasteiger partial charge in [-0.2, -0.15) is 0 Å². The third-order valence-corrected chi connectivity index (χ3v) is 1.85. The van der Waals surface area contributed by atoms with Crippen LogP contribution in [0.1, 0.15) is 13.3 Å². The number of methoxy groups -OCH3 is 1. The van der Waals surface area contributed by atoms with Gasteiger partial charge in [0, 0.05) is 7.11 Å². The minimum atomic E-state index is -0.342. The monoisotopic (exact) mass is 159 g/mol. The van der Waals surface area contributed by atoms with Crippen molar-refractivity contribution in [1.82, 2.24) is 5.32 Å². The predicted octanol–water partition coefficient (Wildman–Crippen LogP) is 0.520. The van der Waals surface area contributed by atoms with Gasteiger partial charge in [-0.25, -0.2) is 4.79 Å². The van der Waals surface area contributed by atoms with E-state index < -0.39 is 0 Å². The number of cyclic esters (lactones) is 1. The molecule has 0 bridgehead atoms. The minimum absolute atomic E-state index is 0.0255. The molecule has 1 N–H and O–H groups in total. The van der Waals surface area contributed by atoms with Gasteiger partial charge in [-0.1, -0.05) is 6.92 Å². The van der Waals surface area contributed by atoms with Gasteiger partial charge in [0.1, 0.15) is 6.61 Å². The molecule has 0 aliphatic carbocycles. The van der Waals surface area contributed by atoms with Crippen LogP contribution in [0.5, 0.6) is 0 Å². The molecule has 0 radical (unpaired) electrons. The number of hydrogen-bond acceptors (Lipinski definition) is 3. The van der Waals surface area contributed by atoms with E-state index in [2.05, 4.69) is 5.32 Å². The highest BCUT2D eigenvalue weighted by Gasteiger charge is 2.28. The van der Waals surface area contributed by atoms with Gasteiger partial charge in [-0.3, -0.25) is 0 Å². The lowest BCUT2D eigenvalue weighted by molar-refractivity contribution is 0.0667. The lowest BCUT2D eigenvalue weighted by Crippen LogP contribution is -2.38. The van der Waals surface area contributed by atoms with Crippen molar-refractivity contribution in [3.8, 4) is 0 Å². The van der Waals surface area contributed by atoms with Crippen LogP contribution in [-0.4, -0.2) is 32.0 Å². The molecule has 4 nitrogen and oxygen atoms in total. The lowest BCUT2D eigenvalue weighted by atomic mass is 10.1. The van der Waals surface area contributed by atoms with Gasteiger partial charge in [0.15, 0.2) is 0 Å². The molecule has 4 heteroatoms. The number of carbonyl (C=O) groups is 1. The summed E-state index contributed by atoms with van der Waals surface area (Å²) in [5.74, 6) is 0.